The summed E-state index contributed by atoms with van der Waals surface area (Å²) in [6, 6.07) is 9.62. The fourth-order valence-corrected chi connectivity index (χ4v) is 1.56. The van der Waals surface area contributed by atoms with Gasteiger partial charge >= 0.3 is 5.97 Å². The van der Waals surface area contributed by atoms with Crippen LogP contribution in [0.3, 0.4) is 0 Å². The summed E-state index contributed by atoms with van der Waals surface area (Å²) in [4.78, 5) is 11.4. The number of rotatable bonds is 8. The van der Waals surface area contributed by atoms with Crippen LogP contribution in [0.25, 0.3) is 0 Å². The number of carbonyl (C=O) groups is 1. The van der Waals surface area contributed by atoms with Gasteiger partial charge in [0.2, 0.25) is 0 Å². The topological polar surface area (TPSA) is 47.6 Å². The lowest BCUT2D eigenvalue weighted by atomic mass is 10.2. The molecule has 0 aliphatic rings. The fourth-order valence-electron chi connectivity index (χ4n) is 1.56. The molecule has 1 aromatic rings. The molecule has 1 aromatic carbocycles. The maximum absolute atomic E-state index is 11.4. The highest BCUT2D eigenvalue weighted by molar-refractivity contribution is 5.70. The monoisotopic (exact) mass is 251 g/mol. The lowest BCUT2D eigenvalue weighted by Gasteiger charge is -2.11. The van der Waals surface area contributed by atoms with Crippen molar-refractivity contribution in [1.82, 2.24) is 5.32 Å². The van der Waals surface area contributed by atoms with Crippen molar-refractivity contribution in [3.05, 3.63) is 30.3 Å². The Hall–Kier alpha value is -1.55. The molecule has 1 rings (SSSR count). The first-order valence-electron chi connectivity index (χ1n) is 6.29. The van der Waals surface area contributed by atoms with Crippen molar-refractivity contribution in [2.24, 2.45) is 0 Å². The molecule has 0 aliphatic heterocycles. The Morgan fingerprint density at radius 1 is 1.28 bits per heavy atom. The van der Waals surface area contributed by atoms with E-state index in [0.717, 1.165) is 12.3 Å². The molecule has 100 valence electrons. The third kappa shape index (κ3) is 6.25. The van der Waals surface area contributed by atoms with Crippen molar-refractivity contribution in [2.45, 2.75) is 26.3 Å². The van der Waals surface area contributed by atoms with E-state index >= 15 is 0 Å². The van der Waals surface area contributed by atoms with Gasteiger partial charge < -0.3 is 14.8 Å². The molecule has 1 N–H and O–H groups in total. The van der Waals surface area contributed by atoms with Gasteiger partial charge in [0.25, 0.3) is 0 Å². The van der Waals surface area contributed by atoms with Crippen molar-refractivity contribution in [1.29, 1.82) is 0 Å². The van der Waals surface area contributed by atoms with Crippen LogP contribution in [0.1, 0.15) is 20.3 Å². The standard InChI is InChI=1S/C14H21NO3/c1-3-15-12(2)11-14(16)18-10-9-17-13-7-5-4-6-8-13/h4-8,12,15H,3,9-11H2,1-2H3. The van der Waals surface area contributed by atoms with E-state index in [4.69, 9.17) is 9.47 Å². The van der Waals surface area contributed by atoms with Gasteiger partial charge in [-0.2, -0.15) is 0 Å². The first-order valence-corrected chi connectivity index (χ1v) is 6.29. The molecule has 0 radical (unpaired) electrons. The molecule has 0 bridgehead atoms. The van der Waals surface area contributed by atoms with Crippen LogP contribution in [0.4, 0.5) is 0 Å². The molecule has 1 unspecified atom stereocenters. The van der Waals surface area contributed by atoms with Crippen LogP contribution in [0.15, 0.2) is 30.3 Å². The maximum atomic E-state index is 11.4. The first kappa shape index (κ1) is 14.5. The summed E-state index contributed by atoms with van der Waals surface area (Å²) >= 11 is 0. The van der Waals surface area contributed by atoms with E-state index in [9.17, 15) is 4.79 Å². The molecule has 0 aromatic heterocycles. The summed E-state index contributed by atoms with van der Waals surface area (Å²) in [5.74, 6) is 0.592. The average molecular weight is 251 g/mol. The highest BCUT2D eigenvalue weighted by Crippen LogP contribution is 2.07. The molecule has 1 atom stereocenters. The van der Waals surface area contributed by atoms with E-state index < -0.39 is 0 Å². The van der Waals surface area contributed by atoms with E-state index in [1.807, 2.05) is 44.2 Å². The second kappa shape index (κ2) is 8.53. The van der Waals surface area contributed by atoms with Gasteiger partial charge in [-0.1, -0.05) is 25.1 Å². The number of para-hydroxylation sites is 1. The minimum absolute atomic E-state index is 0.151. The smallest absolute Gasteiger partial charge is 0.307 e. The maximum Gasteiger partial charge on any atom is 0.307 e. The van der Waals surface area contributed by atoms with Crippen LogP contribution in [0.2, 0.25) is 0 Å². The van der Waals surface area contributed by atoms with E-state index in [0.29, 0.717) is 13.0 Å². The van der Waals surface area contributed by atoms with Crippen LogP contribution < -0.4 is 10.1 Å². The van der Waals surface area contributed by atoms with E-state index in [1.165, 1.54) is 0 Å². The minimum Gasteiger partial charge on any atom is -0.490 e. The zero-order valence-corrected chi connectivity index (χ0v) is 11.0. The molecule has 0 heterocycles. The van der Waals surface area contributed by atoms with Crippen molar-refractivity contribution in [3.63, 3.8) is 0 Å². The number of hydrogen-bond donors (Lipinski definition) is 1. The van der Waals surface area contributed by atoms with Crippen LogP contribution in [-0.4, -0.2) is 31.8 Å². The summed E-state index contributed by atoms with van der Waals surface area (Å²) in [6.07, 6.45) is 0.388. The number of carbonyl (C=O) groups excluding carboxylic acids is 1. The average Bonchev–Trinajstić information content (AvgIpc) is 2.36. The summed E-state index contributed by atoms with van der Waals surface area (Å²) in [5, 5.41) is 3.16. The van der Waals surface area contributed by atoms with E-state index in [1.54, 1.807) is 0 Å². The Kier molecular flexibility index (Phi) is 6.87. The van der Waals surface area contributed by atoms with Crippen molar-refractivity contribution < 1.29 is 14.3 Å². The first-order chi connectivity index (χ1) is 8.72. The van der Waals surface area contributed by atoms with E-state index in [-0.39, 0.29) is 18.6 Å². The van der Waals surface area contributed by atoms with Gasteiger partial charge in [0.05, 0.1) is 6.42 Å². The van der Waals surface area contributed by atoms with Gasteiger partial charge in [-0.3, -0.25) is 4.79 Å². The fraction of sp³-hybridized carbons (Fsp3) is 0.500. The predicted octanol–water partition coefficient (Wildman–Crippen LogP) is 2.00. The second-order valence-corrected chi connectivity index (χ2v) is 4.04. The van der Waals surface area contributed by atoms with E-state index in [2.05, 4.69) is 5.32 Å². The summed E-state index contributed by atoms with van der Waals surface area (Å²) in [5.41, 5.74) is 0. The number of hydrogen-bond acceptors (Lipinski definition) is 4. The highest BCUT2D eigenvalue weighted by atomic mass is 16.6. The normalized spacial score (nSPS) is 11.9. The third-order valence-corrected chi connectivity index (χ3v) is 2.38. The zero-order chi connectivity index (χ0) is 13.2. The highest BCUT2D eigenvalue weighted by Gasteiger charge is 2.08. The number of benzene rings is 1. The summed E-state index contributed by atoms with van der Waals surface area (Å²) in [7, 11) is 0. The lowest BCUT2D eigenvalue weighted by molar-refractivity contribution is -0.144. The minimum atomic E-state index is -0.194. The van der Waals surface area contributed by atoms with Crippen molar-refractivity contribution in [2.75, 3.05) is 19.8 Å². The van der Waals surface area contributed by atoms with Gasteiger partial charge in [-0.15, -0.1) is 0 Å². The van der Waals surface area contributed by atoms with Crippen LogP contribution in [-0.2, 0) is 9.53 Å². The van der Waals surface area contributed by atoms with Gasteiger partial charge in [-0.25, -0.2) is 0 Å². The van der Waals surface area contributed by atoms with Crippen LogP contribution in [0.5, 0.6) is 5.75 Å². The third-order valence-electron chi connectivity index (χ3n) is 2.38. The molecule has 0 spiro atoms. The Morgan fingerprint density at radius 2 is 2.00 bits per heavy atom. The molecule has 0 saturated carbocycles. The zero-order valence-electron chi connectivity index (χ0n) is 11.0. The van der Waals surface area contributed by atoms with Crippen LogP contribution >= 0.6 is 0 Å². The number of esters is 1. The van der Waals surface area contributed by atoms with Gasteiger partial charge in [0.15, 0.2) is 0 Å². The Bertz CT molecular complexity index is 340. The Balaban J connectivity index is 2.09. The van der Waals surface area contributed by atoms with Crippen LogP contribution in [0, 0.1) is 0 Å². The molecular weight excluding hydrogens is 230 g/mol. The van der Waals surface area contributed by atoms with Crippen molar-refractivity contribution in [3.8, 4) is 5.75 Å². The summed E-state index contributed by atoms with van der Waals surface area (Å²) < 4.78 is 10.5. The van der Waals surface area contributed by atoms with Gasteiger partial charge in [0, 0.05) is 6.04 Å². The van der Waals surface area contributed by atoms with Crippen molar-refractivity contribution >= 4 is 5.97 Å². The SMILES string of the molecule is CCNC(C)CC(=O)OCCOc1ccccc1. The molecule has 4 nitrogen and oxygen atoms in total. The summed E-state index contributed by atoms with van der Waals surface area (Å²) in [6.45, 7) is 5.49. The molecule has 0 aliphatic carbocycles. The quantitative estimate of drug-likeness (QED) is 0.567. The molecule has 18 heavy (non-hydrogen) atoms. The van der Waals surface area contributed by atoms with Gasteiger partial charge in [0.1, 0.15) is 19.0 Å². The molecule has 0 amide bonds. The second-order valence-electron chi connectivity index (χ2n) is 4.04. The Morgan fingerprint density at radius 3 is 2.67 bits per heavy atom. The Labute approximate surface area is 108 Å². The number of nitrogens with one attached hydrogen (secondary N) is 1. The molecular formula is C14H21NO3. The largest absolute Gasteiger partial charge is 0.490 e. The molecule has 0 fully saturated rings. The lowest BCUT2D eigenvalue weighted by Crippen LogP contribution is -2.29. The van der Waals surface area contributed by atoms with Gasteiger partial charge in [-0.05, 0) is 25.6 Å². The molecule has 0 saturated heterocycles. The molecule has 4 heteroatoms. The predicted molar refractivity (Wildman–Crippen MR) is 70.7 cm³/mol. The number of ether oxygens (including phenoxy) is 2.